The van der Waals surface area contributed by atoms with Crippen LogP contribution in [0.4, 0.5) is 10.5 Å². The number of amides is 2. The van der Waals surface area contributed by atoms with Crippen molar-refractivity contribution in [1.82, 2.24) is 14.8 Å². The number of carbonyl (C=O) groups excluding carboxylic acids is 1. The summed E-state index contributed by atoms with van der Waals surface area (Å²) in [7, 11) is -3.48. The first-order valence-electron chi connectivity index (χ1n) is 9.34. The molecule has 9 nitrogen and oxygen atoms in total. The van der Waals surface area contributed by atoms with Gasteiger partial charge in [-0.3, -0.25) is 4.98 Å². The summed E-state index contributed by atoms with van der Waals surface area (Å²) in [6.45, 7) is 7.06. The van der Waals surface area contributed by atoms with Crippen molar-refractivity contribution in [1.29, 1.82) is 0 Å². The van der Waals surface area contributed by atoms with Crippen molar-refractivity contribution in [2.45, 2.75) is 57.4 Å². The van der Waals surface area contributed by atoms with Gasteiger partial charge in [-0.2, -0.15) is 5.10 Å². The van der Waals surface area contributed by atoms with Gasteiger partial charge in [-0.05, 0) is 43.2 Å². The van der Waals surface area contributed by atoms with Gasteiger partial charge in [0.15, 0.2) is 9.92 Å². The number of hydrogen-bond acceptors (Lipinski definition) is 5. The summed E-state index contributed by atoms with van der Waals surface area (Å²) in [4.78, 5) is 17.6. The smallest absolute Gasteiger partial charge is 0.354 e. The van der Waals surface area contributed by atoms with Crippen LogP contribution in [0, 0.1) is 6.92 Å². The number of nitrogens with two attached hydrogens (primary N) is 1. The quantitative estimate of drug-likeness (QED) is 0.813. The topological polar surface area (TPSA) is 124 Å². The van der Waals surface area contributed by atoms with E-state index in [0.29, 0.717) is 24.7 Å². The Morgan fingerprint density at radius 2 is 2.21 bits per heavy atom. The van der Waals surface area contributed by atoms with Gasteiger partial charge in [0.05, 0.1) is 18.4 Å². The molecule has 0 aromatic carbocycles. The fraction of sp³-hybridized carbons (Fsp3) is 0.500. The molecule has 2 aromatic heterocycles. The number of carbonyl (C=O) groups is 1. The van der Waals surface area contributed by atoms with Crippen LogP contribution in [0.15, 0.2) is 15.5 Å². The molecule has 1 aliphatic carbocycles. The fourth-order valence-electron chi connectivity index (χ4n) is 3.83. The average Bonchev–Trinajstić information content (AvgIpc) is 3.31. The third-order valence-electron chi connectivity index (χ3n) is 5.12. The molecule has 1 atom stereocenters. The molecule has 0 fully saturated rings. The maximum atomic E-state index is 12.9. The lowest BCUT2D eigenvalue weighted by molar-refractivity contribution is 0.260. The van der Waals surface area contributed by atoms with E-state index in [9.17, 15) is 9.00 Å². The molecule has 3 heterocycles. The first kappa shape index (κ1) is 18.9. The molecule has 0 radical (unpaired) electrons. The molecule has 2 amide bonds. The van der Waals surface area contributed by atoms with Crippen LogP contribution in [-0.4, -0.2) is 31.6 Å². The second-order valence-electron chi connectivity index (χ2n) is 7.41. The molecule has 28 heavy (non-hydrogen) atoms. The van der Waals surface area contributed by atoms with E-state index in [-0.39, 0.29) is 10.8 Å². The lowest BCUT2D eigenvalue weighted by Crippen LogP contribution is -2.19. The summed E-state index contributed by atoms with van der Waals surface area (Å²) < 4.78 is 23.7. The third-order valence-corrected chi connectivity index (χ3v) is 6.47. The molecule has 1 aliphatic heterocycles. The Hall–Kier alpha value is -2.46. The number of anilines is 1. The van der Waals surface area contributed by atoms with E-state index in [2.05, 4.69) is 28.6 Å². The third kappa shape index (κ3) is 3.16. The monoisotopic (exact) mass is 404 g/mol. The highest BCUT2D eigenvalue weighted by Crippen LogP contribution is 2.35. The standard InChI is InChI=1S/C18H24N6O3S/c1-10(2)15-11(3)16(12-5-4-6-13(12)21-15)22-18(25)23-28(19,26)14-9-20-24-7-8-27-17(14)24/h9-10H,4-8H2,1-3H3,(H3,19,21,22,23,25,26). The van der Waals surface area contributed by atoms with Crippen LogP contribution in [0.3, 0.4) is 0 Å². The number of nitrogens with one attached hydrogen (secondary N) is 1. The Morgan fingerprint density at radius 3 is 2.96 bits per heavy atom. The second-order valence-corrected chi connectivity index (χ2v) is 9.17. The Bertz CT molecular complexity index is 1080. The molecular formula is C18H24N6O3S. The van der Waals surface area contributed by atoms with Crippen molar-refractivity contribution in [2.75, 3.05) is 11.9 Å². The van der Waals surface area contributed by atoms with Gasteiger partial charge in [0.1, 0.15) is 11.5 Å². The number of hydrogen-bond donors (Lipinski definition) is 2. The summed E-state index contributed by atoms with van der Waals surface area (Å²) in [5, 5.41) is 12.8. The van der Waals surface area contributed by atoms with Crippen molar-refractivity contribution in [3.8, 4) is 5.88 Å². The highest BCUT2D eigenvalue weighted by atomic mass is 32.2. The highest BCUT2D eigenvalue weighted by Gasteiger charge is 2.26. The minimum Gasteiger partial charge on any atom is -0.475 e. The van der Waals surface area contributed by atoms with Crippen LogP contribution >= 0.6 is 0 Å². The first-order chi connectivity index (χ1) is 13.3. The van der Waals surface area contributed by atoms with Crippen LogP contribution in [0.2, 0.25) is 0 Å². The van der Waals surface area contributed by atoms with Crippen molar-refractivity contribution in [3.05, 3.63) is 28.7 Å². The van der Waals surface area contributed by atoms with E-state index in [1.54, 1.807) is 4.68 Å². The number of urea groups is 1. The van der Waals surface area contributed by atoms with Crippen molar-refractivity contribution >= 4 is 21.6 Å². The number of fused-ring (bicyclic) bond motifs is 2. The number of nitrogens with zero attached hydrogens (tertiary/aromatic N) is 4. The Balaban J connectivity index is 1.69. The lowest BCUT2D eigenvalue weighted by Gasteiger charge is -2.18. The van der Waals surface area contributed by atoms with E-state index >= 15 is 0 Å². The molecule has 4 rings (SSSR count). The van der Waals surface area contributed by atoms with Gasteiger partial charge in [0.25, 0.3) is 0 Å². The van der Waals surface area contributed by atoms with Gasteiger partial charge in [0, 0.05) is 11.4 Å². The van der Waals surface area contributed by atoms with E-state index in [1.807, 2.05) is 6.92 Å². The van der Waals surface area contributed by atoms with Crippen LogP contribution in [0.25, 0.3) is 0 Å². The van der Waals surface area contributed by atoms with Gasteiger partial charge in [-0.15, -0.1) is 4.36 Å². The molecule has 10 heteroatoms. The summed E-state index contributed by atoms with van der Waals surface area (Å²) in [6.07, 6.45) is 4.08. The number of rotatable bonds is 3. The normalized spacial score (nSPS) is 17.0. The van der Waals surface area contributed by atoms with E-state index < -0.39 is 15.9 Å². The summed E-state index contributed by atoms with van der Waals surface area (Å²) in [5.41, 5.74) is 4.63. The van der Waals surface area contributed by atoms with Gasteiger partial charge >= 0.3 is 6.03 Å². The summed E-state index contributed by atoms with van der Waals surface area (Å²) in [5.74, 6) is 0.538. The van der Waals surface area contributed by atoms with Crippen LogP contribution in [-0.2, 0) is 29.3 Å². The lowest BCUT2D eigenvalue weighted by atomic mass is 9.99. The molecule has 0 saturated heterocycles. The zero-order valence-electron chi connectivity index (χ0n) is 16.2. The zero-order valence-corrected chi connectivity index (χ0v) is 17.0. The predicted molar refractivity (Wildman–Crippen MR) is 105 cm³/mol. The molecule has 1 unspecified atom stereocenters. The highest BCUT2D eigenvalue weighted by molar-refractivity contribution is 7.91. The molecule has 0 bridgehead atoms. The van der Waals surface area contributed by atoms with Crippen molar-refractivity contribution in [2.24, 2.45) is 9.50 Å². The molecular weight excluding hydrogens is 380 g/mol. The van der Waals surface area contributed by atoms with Gasteiger partial charge in [-0.25, -0.2) is 18.8 Å². The Morgan fingerprint density at radius 1 is 1.43 bits per heavy atom. The van der Waals surface area contributed by atoms with E-state index in [1.165, 1.54) is 6.20 Å². The summed E-state index contributed by atoms with van der Waals surface area (Å²) >= 11 is 0. The molecule has 3 N–H and O–H groups in total. The maximum Gasteiger partial charge on any atom is 0.354 e. The van der Waals surface area contributed by atoms with Crippen molar-refractivity contribution in [3.63, 3.8) is 0 Å². The summed E-state index contributed by atoms with van der Waals surface area (Å²) in [6, 6.07) is -0.747. The largest absolute Gasteiger partial charge is 0.475 e. The van der Waals surface area contributed by atoms with Gasteiger partial charge in [-0.1, -0.05) is 13.8 Å². The van der Waals surface area contributed by atoms with Crippen LogP contribution in [0.1, 0.15) is 48.7 Å². The van der Waals surface area contributed by atoms with Gasteiger partial charge in [0.2, 0.25) is 5.88 Å². The molecule has 0 spiro atoms. The first-order valence-corrected chi connectivity index (χ1v) is 10.9. The Kier molecular flexibility index (Phi) is 4.62. The average molecular weight is 404 g/mol. The number of pyridine rings is 1. The Labute approximate surface area is 164 Å². The maximum absolute atomic E-state index is 12.9. The predicted octanol–water partition coefficient (Wildman–Crippen LogP) is 2.52. The van der Waals surface area contributed by atoms with Gasteiger partial charge < -0.3 is 10.1 Å². The number of aryl methyl sites for hydroxylation is 1. The molecule has 2 aromatic rings. The minimum atomic E-state index is -3.48. The van der Waals surface area contributed by atoms with E-state index in [0.717, 1.165) is 41.8 Å². The van der Waals surface area contributed by atoms with Crippen LogP contribution < -0.4 is 15.2 Å². The molecule has 150 valence electrons. The zero-order chi connectivity index (χ0) is 20.1. The van der Waals surface area contributed by atoms with Crippen LogP contribution in [0.5, 0.6) is 5.88 Å². The fourth-order valence-corrected chi connectivity index (χ4v) is 4.83. The molecule has 0 saturated carbocycles. The SMILES string of the molecule is Cc1c(C(C)C)nc2c(c1NC(=O)N=S(N)(=O)c1cnn3c1OCC3)CCC2. The minimum absolute atomic E-state index is 0.139. The van der Waals surface area contributed by atoms with E-state index in [4.69, 9.17) is 14.9 Å². The number of ether oxygens (including phenoxy) is 1. The second kappa shape index (κ2) is 6.85. The van der Waals surface area contributed by atoms with Crippen molar-refractivity contribution < 1.29 is 13.7 Å². The number of aromatic nitrogens is 3. The molecule has 2 aliphatic rings.